The van der Waals surface area contributed by atoms with Crippen LogP contribution in [0.2, 0.25) is 0 Å². The monoisotopic (exact) mass is 623 g/mol. The first kappa shape index (κ1) is 37.2. The van der Waals surface area contributed by atoms with Crippen molar-refractivity contribution in [2.45, 2.75) is 135 Å². The van der Waals surface area contributed by atoms with Crippen LogP contribution in [0, 0.1) is 11.3 Å². The van der Waals surface area contributed by atoms with Crippen LogP contribution < -0.4 is 4.74 Å². The molecule has 0 unspecified atom stereocenters. The Morgan fingerprint density at radius 2 is 0.930 bits per heavy atom. The van der Waals surface area contributed by atoms with Gasteiger partial charge in [-0.05, 0) is 67.8 Å². The molecule has 6 heteroatoms. The molecule has 43 heavy (non-hydrogen) atoms. The van der Waals surface area contributed by atoms with Gasteiger partial charge in [0.1, 0.15) is 5.75 Å². The second kappa shape index (κ2) is 27.6. The van der Waals surface area contributed by atoms with Crippen LogP contribution in [0.3, 0.4) is 0 Å². The Morgan fingerprint density at radius 3 is 1.37 bits per heavy atom. The van der Waals surface area contributed by atoms with Crippen molar-refractivity contribution in [1.82, 2.24) is 0 Å². The molecule has 0 bridgehead atoms. The summed E-state index contributed by atoms with van der Waals surface area (Å²) in [5.74, 6) is 3.56. The average Bonchev–Trinajstić information content (AvgIpc) is 3.04. The summed E-state index contributed by atoms with van der Waals surface area (Å²) >= 11 is 0. The second-order valence-electron chi connectivity index (χ2n) is 11.6. The Morgan fingerprint density at radius 1 is 0.535 bits per heavy atom. The number of ether oxygens (including phenoxy) is 1. The SMILES string of the molecule is CCCCCCCCCCCCSSCCCCCCCCCCCCOc1ccc(N=Nc2ccc(C#N)cc2)cc1. The van der Waals surface area contributed by atoms with Crippen LogP contribution in [-0.4, -0.2) is 18.1 Å². The van der Waals surface area contributed by atoms with Crippen LogP contribution in [-0.2, 0) is 0 Å². The molecule has 0 aliphatic heterocycles. The van der Waals surface area contributed by atoms with Gasteiger partial charge < -0.3 is 4.74 Å². The molecular weight excluding hydrogens is 567 g/mol. The zero-order valence-electron chi connectivity index (χ0n) is 26.9. The van der Waals surface area contributed by atoms with Crippen molar-refractivity contribution in [3.05, 3.63) is 54.1 Å². The first-order chi connectivity index (χ1) is 21.3. The van der Waals surface area contributed by atoms with Crippen LogP contribution >= 0.6 is 21.6 Å². The summed E-state index contributed by atoms with van der Waals surface area (Å²) in [6, 6.07) is 16.9. The quantitative estimate of drug-likeness (QED) is 0.0537. The fourth-order valence-electron chi connectivity index (χ4n) is 4.96. The largest absolute Gasteiger partial charge is 0.494 e. The van der Waals surface area contributed by atoms with E-state index in [-0.39, 0.29) is 0 Å². The summed E-state index contributed by atoms with van der Waals surface area (Å²) in [7, 11) is 4.21. The first-order valence-electron chi connectivity index (χ1n) is 17.2. The minimum atomic E-state index is 0.621. The van der Waals surface area contributed by atoms with Crippen molar-refractivity contribution < 1.29 is 4.74 Å². The molecule has 0 N–H and O–H groups in total. The lowest BCUT2D eigenvalue weighted by molar-refractivity contribution is 0.304. The summed E-state index contributed by atoms with van der Waals surface area (Å²) in [6.45, 7) is 3.06. The van der Waals surface area contributed by atoms with Crippen molar-refractivity contribution in [1.29, 1.82) is 5.26 Å². The Labute approximate surface area is 271 Å². The van der Waals surface area contributed by atoms with Crippen LogP contribution in [0.1, 0.15) is 141 Å². The predicted molar refractivity (Wildman–Crippen MR) is 190 cm³/mol. The van der Waals surface area contributed by atoms with Crippen molar-refractivity contribution in [2.75, 3.05) is 18.1 Å². The normalized spacial score (nSPS) is 11.3. The molecule has 0 atom stereocenters. The first-order valence-corrected chi connectivity index (χ1v) is 19.7. The summed E-state index contributed by atoms with van der Waals surface area (Å²) < 4.78 is 5.89. The molecule has 4 nitrogen and oxygen atoms in total. The molecule has 0 spiro atoms. The lowest BCUT2D eigenvalue weighted by Gasteiger charge is -2.06. The van der Waals surface area contributed by atoms with Crippen molar-refractivity contribution >= 4 is 33.0 Å². The van der Waals surface area contributed by atoms with E-state index in [0.29, 0.717) is 5.56 Å². The maximum absolute atomic E-state index is 8.87. The van der Waals surface area contributed by atoms with E-state index in [1.54, 1.807) is 24.3 Å². The Balaban J connectivity index is 1.28. The number of hydrogen-bond donors (Lipinski definition) is 0. The van der Waals surface area contributed by atoms with Gasteiger partial charge in [0.25, 0.3) is 0 Å². The molecular formula is C37H57N3OS2. The van der Waals surface area contributed by atoms with Gasteiger partial charge in [0.05, 0.1) is 29.6 Å². The van der Waals surface area contributed by atoms with Gasteiger partial charge in [-0.3, -0.25) is 0 Å². The van der Waals surface area contributed by atoms with Gasteiger partial charge in [0.2, 0.25) is 0 Å². The van der Waals surface area contributed by atoms with Crippen LogP contribution in [0.4, 0.5) is 11.4 Å². The molecule has 2 aromatic carbocycles. The second-order valence-corrected chi connectivity index (χ2v) is 14.3. The highest BCUT2D eigenvalue weighted by Crippen LogP contribution is 2.25. The molecule has 0 fully saturated rings. The third-order valence-corrected chi connectivity index (χ3v) is 10.2. The van der Waals surface area contributed by atoms with E-state index in [1.165, 1.54) is 134 Å². The lowest BCUT2D eigenvalue weighted by Crippen LogP contribution is -1.96. The molecule has 2 aromatic rings. The van der Waals surface area contributed by atoms with Crippen LogP contribution in [0.5, 0.6) is 5.75 Å². The van der Waals surface area contributed by atoms with Crippen molar-refractivity contribution in [2.24, 2.45) is 10.2 Å². The summed E-state index contributed by atoms with van der Waals surface area (Å²) in [5.41, 5.74) is 2.13. The molecule has 238 valence electrons. The van der Waals surface area contributed by atoms with Crippen molar-refractivity contribution in [3.63, 3.8) is 0 Å². The van der Waals surface area contributed by atoms with Crippen LogP contribution in [0.15, 0.2) is 58.8 Å². The Hall–Kier alpha value is -1.97. The number of nitriles is 1. The number of rotatable bonds is 28. The van der Waals surface area contributed by atoms with E-state index in [1.807, 2.05) is 24.3 Å². The maximum Gasteiger partial charge on any atom is 0.119 e. The van der Waals surface area contributed by atoms with E-state index < -0.39 is 0 Å². The fourth-order valence-corrected chi connectivity index (χ4v) is 7.25. The molecule has 0 saturated heterocycles. The average molecular weight is 624 g/mol. The highest BCUT2D eigenvalue weighted by atomic mass is 33.1. The van der Waals surface area contributed by atoms with Gasteiger partial charge in [0, 0.05) is 11.5 Å². The molecule has 0 aliphatic rings. The topological polar surface area (TPSA) is 57.7 Å². The standard InChI is InChI=1S/C37H57N3OS2/c1-2-3-4-5-6-7-11-14-17-20-31-42-43-32-21-18-15-12-9-8-10-13-16-19-30-41-37-28-26-36(27-29-37)40-39-35-24-22-34(33-38)23-25-35/h22-29H,2-21,30-32H2,1H3. The minimum absolute atomic E-state index is 0.621. The predicted octanol–water partition coefficient (Wildman–Crippen LogP) is 13.6. The summed E-state index contributed by atoms with van der Waals surface area (Å²) in [4.78, 5) is 0. The molecule has 0 amide bonds. The molecule has 2 rings (SSSR count). The van der Waals surface area contributed by atoms with Gasteiger partial charge >= 0.3 is 0 Å². The van der Waals surface area contributed by atoms with E-state index in [0.717, 1.165) is 30.2 Å². The third-order valence-electron chi connectivity index (χ3n) is 7.67. The zero-order chi connectivity index (χ0) is 30.5. The highest BCUT2D eigenvalue weighted by molar-refractivity contribution is 8.76. The number of azo groups is 1. The minimum Gasteiger partial charge on any atom is -0.494 e. The number of benzene rings is 2. The number of unbranched alkanes of at least 4 members (excludes halogenated alkanes) is 18. The summed E-state index contributed by atoms with van der Waals surface area (Å²) in [6.07, 6.45) is 27.7. The van der Waals surface area contributed by atoms with Gasteiger partial charge in [-0.2, -0.15) is 15.5 Å². The van der Waals surface area contributed by atoms with E-state index in [2.05, 4.69) is 44.8 Å². The van der Waals surface area contributed by atoms with Gasteiger partial charge in [-0.1, -0.05) is 138 Å². The van der Waals surface area contributed by atoms with Crippen LogP contribution in [0.25, 0.3) is 0 Å². The van der Waals surface area contributed by atoms with E-state index in [4.69, 9.17) is 10.00 Å². The van der Waals surface area contributed by atoms with Gasteiger partial charge in [-0.25, -0.2) is 0 Å². The Kier molecular flexibility index (Phi) is 23.9. The molecule has 0 aliphatic carbocycles. The maximum atomic E-state index is 8.87. The molecule has 0 aromatic heterocycles. The zero-order valence-corrected chi connectivity index (χ0v) is 28.6. The van der Waals surface area contributed by atoms with Crippen molar-refractivity contribution in [3.8, 4) is 11.8 Å². The third kappa shape index (κ3) is 21.4. The van der Waals surface area contributed by atoms with E-state index in [9.17, 15) is 0 Å². The highest BCUT2D eigenvalue weighted by Gasteiger charge is 1.99. The summed E-state index contributed by atoms with van der Waals surface area (Å²) in [5, 5.41) is 17.3. The molecule has 0 saturated carbocycles. The Bertz CT molecular complexity index is 973. The van der Waals surface area contributed by atoms with Gasteiger partial charge in [0.15, 0.2) is 0 Å². The smallest absolute Gasteiger partial charge is 0.119 e. The van der Waals surface area contributed by atoms with E-state index >= 15 is 0 Å². The number of nitrogens with zero attached hydrogens (tertiary/aromatic N) is 3. The molecule has 0 heterocycles. The fraction of sp³-hybridized carbons (Fsp3) is 0.649. The number of hydrogen-bond acceptors (Lipinski definition) is 6. The molecule has 0 radical (unpaired) electrons. The lowest BCUT2D eigenvalue weighted by atomic mass is 10.1. The van der Waals surface area contributed by atoms with Gasteiger partial charge in [-0.15, -0.1) is 0 Å².